The molecular formula is C24H36N4O3. The van der Waals surface area contributed by atoms with Crippen molar-refractivity contribution in [3.63, 3.8) is 0 Å². The molecule has 7 heteroatoms. The van der Waals surface area contributed by atoms with E-state index in [0.717, 1.165) is 49.5 Å². The summed E-state index contributed by atoms with van der Waals surface area (Å²) in [5.41, 5.74) is 1.87. The van der Waals surface area contributed by atoms with Gasteiger partial charge in [-0.05, 0) is 62.1 Å². The van der Waals surface area contributed by atoms with Crippen LogP contribution in [0.4, 0.5) is 15.3 Å². The highest BCUT2D eigenvalue weighted by Gasteiger charge is 2.25. The van der Waals surface area contributed by atoms with E-state index >= 15 is 0 Å². The van der Waals surface area contributed by atoms with Crippen LogP contribution in [0.2, 0.25) is 0 Å². The molecule has 0 aromatic heterocycles. The minimum Gasteiger partial charge on any atom is -0.376 e. The van der Waals surface area contributed by atoms with E-state index in [1.165, 1.54) is 32.1 Å². The van der Waals surface area contributed by atoms with Gasteiger partial charge in [0.25, 0.3) is 0 Å². The summed E-state index contributed by atoms with van der Waals surface area (Å²) in [6, 6.07) is 8.16. The van der Waals surface area contributed by atoms with Crippen LogP contribution in [0.25, 0.3) is 0 Å². The average Bonchev–Trinajstić information content (AvgIpc) is 3.60. The Balaban J connectivity index is 1.16. The standard InChI is InChI=1S/C24H36N4O3/c29-23(25-20-6-2-1-3-7-20)26-21-11-13-28(14-12-21)24(30)27-22-8-4-5-19(15-22)17-31-16-18-9-10-18/h4-5,8,15,18,20-21H,1-3,6-7,9-14,16-17H2,(H,27,30)(H2,25,26,29). The number of urea groups is 2. The number of hydrogen-bond donors (Lipinski definition) is 3. The first-order valence-corrected chi connectivity index (χ1v) is 12.0. The summed E-state index contributed by atoms with van der Waals surface area (Å²) in [7, 11) is 0. The van der Waals surface area contributed by atoms with Gasteiger partial charge in [-0.2, -0.15) is 0 Å². The lowest BCUT2D eigenvalue weighted by atomic mass is 9.96. The Morgan fingerprint density at radius 3 is 2.35 bits per heavy atom. The number of nitrogens with zero attached hydrogens (tertiary/aromatic N) is 1. The van der Waals surface area contributed by atoms with E-state index in [2.05, 4.69) is 16.0 Å². The van der Waals surface area contributed by atoms with E-state index in [0.29, 0.717) is 25.7 Å². The fourth-order valence-corrected chi connectivity index (χ4v) is 4.46. The van der Waals surface area contributed by atoms with Gasteiger partial charge in [-0.15, -0.1) is 0 Å². The van der Waals surface area contributed by atoms with Gasteiger partial charge >= 0.3 is 12.1 Å². The zero-order valence-corrected chi connectivity index (χ0v) is 18.4. The van der Waals surface area contributed by atoms with Crippen LogP contribution in [0.5, 0.6) is 0 Å². The number of hydrogen-bond acceptors (Lipinski definition) is 3. The molecule has 2 aliphatic carbocycles. The topological polar surface area (TPSA) is 82.7 Å². The maximum absolute atomic E-state index is 12.7. The Kier molecular flexibility index (Phi) is 7.67. The molecule has 2 saturated carbocycles. The quantitative estimate of drug-likeness (QED) is 0.607. The predicted molar refractivity (Wildman–Crippen MR) is 121 cm³/mol. The van der Waals surface area contributed by atoms with Gasteiger partial charge in [0.1, 0.15) is 0 Å². The van der Waals surface area contributed by atoms with Gasteiger partial charge in [-0.25, -0.2) is 9.59 Å². The Morgan fingerprint density at radius 1 is 0.935 bits per heavy atom. The lowest BCUT2D eigenvalue weighted by Crippen LogP contribution is -2.51. The average molecular weight is 429 g/mol. The summed E-state index contributed by atoms with van der Waals surface area (Å²) in [6.45, 7) is 2.70. The summed E-state index contributed by atoms with van der Waals surface area (Å²) in [5.74, 6) is 0.749. The molecule has 3 aliphatic rings. The zero-order chi connectivity index (χ0) is 21.5. The summed E-state index contributed by atoms with van der Waals surface area (Å²) in [4.78, 5) is 26.8. The van der Waals surface area contributed by atoms with Crippen LogP contribution in [0.1, 0.15) is 63.4 Å². The van der Waals surface area contributed by atoms with Crippen molar-refractivity contribution in [1.82, 2.24) is 15.5 Å². The number of ether oxygens (including phenoxy) is 1. The third-order valence-electron chi connectivity index (χ3n) is 6.56. The van der Waals surface area contributed by atoms with E-state index in [-0.39, 0.29) is 18.1 Å². The molecule has 0 atom stereocenters. The molecule has 170 valence electrons. The maximum Gasteiger partial charge on any atom is 0.321 e. The molecule has 4 rings (SSSR count). The summed E-state index contributed by atoms with van der Waals surface area (Å²) < 4.78 is 5.75. The predicted octanol–water partition coefficient (Wildman–Crippen LogP) is 4.24. The Morgan fingerprint density at radius 2 is 1.65 bits per heavy atom. The first kappa shape index (κ1) is 21.9. The molecule has 4 amide bonds. The highest BCUT2D eigenvalue weighted by atomic mass is 16.5. The monoisotopic (exact) mass is 428 g/mol. The van der Waals surface area contributed by atoms with Gasteiger partial charge in [0.15, 0.2) is 0 Å². The van der Waals surface area contributed by atoms with E-state index in [4.69, 9.17) is 4.74 Å². The van der Waals surface area contributed by atoms with Gasteiger partial charge in [0.2, 0.25) is 0 Å². The molecule has 0 spiro atoms. The highest BCUT2D eigenvalue weighted by Crippen LogP contribution is 2.29. The fourth-order valence-electron chi connectivity index (χ4n) is 4.46. The second-order valence-corrected chi connectivity index (χ2v) is 9.30. The van der Waals surface area contributed by atoms with Crippen LogP contribution in [-0.2, 0) is 11.3 Å². The van der Waals surface area contributed by atoms with Gasteiger partial charge < -0.3 is 25.6 Å². The number of piperidine rings is 1. The van der Waals surface area contributed by atoms with Gasteiger partial charge in [0, 0.05) is 37.5 Å². The molecule has 1 saturated heterocycles. The Hall–Kier alpha value is -2.28. The van der Waals surface area contributed by atoms with E-state index < -0.39 is 0 Å². The SMILES string of the molecule is O=C(NC1CCCCC1)NC1CCN(C(=O)Nc2cccc(COCC3CC3)c2)CC1. The normalized spacial score (nSPS) is 20.3. The van der Waals surface area contributed by atoms with Gasteiger partial charge in [-0.3, -0.25) is 0 Å². The molecular weight excluding hydrogens is 392 g/mol. The Labute approximate surface area is 185 Å². The summed E-state index contributed by atoms with van der Waals surface area (Å²) in [6.07, 6.45) is 9.98. The molecule has 1 aliphatic heterocycles. The largest absolute Gasteiger partial charge is 0.376 e. The second-order valence-electron chi connectivity index (χ2n) is 9.30. The van der Waals surface area contributed by atoms with Crippen molar-refractivity contribution in [3.8, 4) is 0 Å². The lowest BCUT2D eigenvalue weighted by Gasteiger charge is -2.33. The van der Waals surface area contributed by atoms with Crippen LogP contribution >= 0.6 is 0 Å². The van der Waals surface area contributed by atoms with Crippen molar-refractivity contribution in [3.05, 3.63) is 29.8 Å². The molecule has 7 nitrogen and oxygen atoms in total. The van der Waals surface area contributed by atoms with E-state index in [9.17, 15) is 9.59 Å². The molecule has 3 N–H and O–H groups in total. The number of carbonyl (C=O) groups is 2. The summed E-state index contributed by atoms with van der Waals surface area (Å²) >= 11 is 0. The van der Waals surface area contributed by atoms with Crippen LogP contribution in [0, 0.1) is 5.92 Å². The van der Waals surface area contributed by atoms with Crippen molar-refractivity contribution >= 4 is 17.7 Å². The van der Waals surface area contributed by atoms with Crippen molar-refractivity contribution < 1.29 is 14.3 Å². The number of anilines is 1. The first-order chi connectivity index (χ1) is 15.2. The molecule has 0 unspecified atom stereocenters. The van der Waals surface area contributed by atoms with E-state index in [1.807, 2.05) is 29.2 Å². The van der Waals surface area contributed by atoms with Crippen LogP contribution in [0.15, 0.2) is 24.3 Å². The summed E-state index contributed by atoms with van der Waals surface area (Å²) in [5, 5.41) is 9.21. The molecule has 1 heterocycles. The third-order valence-corrected chi connectivity index (χ3v) is 6.56. The lowest BCUT2D eigenvalue weighted by molar-refractivity contribution is 0.111. The minimum atomic E-state index is -0.0823. The van der Waals surface area contributed by atoms with Crippen LogP contribution in [-0.4, -0.2) is 48.7 Å². The second kappa shape index (κ2) is 10.8. The van der Waals surface area contributed by atoms with Crippen LogP contribution in [0.3, 0.4) is 0 Å². The molecule has 0 bridgehead atoms. The number of rotatable bonds is 7. The van der Waals surface area contributed by atoms with Crippen molar-refractivity contribution in [2.24, 2.45) is 5.92 Å². The highest BCUT2D eigenvalue weighted by molar-refractivity contribution is 5.89. The third kappa shape index (κ3) is 7.13. The number of amides is 4. The van der Waals surface area contributed by atoms with Gasteiger partial charge in [-0.1, -0.05) is 31.4 Å². The zero-order valence-electron chi connectivity index (χ0n) is 18.4. The van der Waals surface area contributed by atoms with E-state index in [1.54, 1.807) is 0 Å². The van der Waals surface area contributed by atoms with Gasteiger partial charge in [0.05, 0.1) is 6.61 Å². The molecule has 1 aromatic rings. The number of benzene rings is 1. The Bertz CT molecular complexity index is 738. The molecule has 31 heavy (non-hydrogen) atoms. The number of likely N-dealkylation sites (tertiary alicyclic amines) is 1. The number of carbonyl (C=O) groups excluding carboxylic acids is 2. The fraction of sp³-hybridized carbons (Fsp3) is 0.667. The smallest absolute Gasteiger partial charge is 0.321 e. The maximum atomic E-state index is 12.7. The molecule has 1 aromatic carbocycles. The van der Waals surface area contributed by atoms with Crippen LogP contribution < -0.4 is 16.0 Å². The molecule has 0 radical (unpaired) electrons. The van der Waals surface area contributed by atoms with Crippen molar-refractivity contribution in [2.45, 2.75) is 76.5 Å². The van der Waals surface area contributed by atoms with Crippen molar-refractivity contribution in [2.75, 3.05) is 25.0 Å². The van der Waals surface area contributed by atoms with Crippen molar-refractivity contribution in [1.29, 1.82) is 0 Å². The molecule has 3 fully saturated rings. The minimum absolute atomic E-state index is 0.0597. The number of nitrogens with one attached hydrogen (secondary N) is 3. The first-order valence-electron chi connectivity index (χ1n) is 12.0.